The predicted molar refractivity (Wildman–Crippen MR) is 173 cm³/mol. The van der Waals surface area contributed by atoms with Crippen molar-refractivity contribution in [1.82, 2.24) is 0 Å². The highest BCUT2D eigenvalue weighted by Crippen LogP contribution is 2.15. The van der Waals surface area contributed by atoms with E-state index in [0.29, 0.717) is 12.8 Å². The fourth-order valence-electron chi connectivity index (χ4n) is 5.27. The Labute approximate surface area is 255 Å². The summed E-state index contributed by atoms with van der Waals surface area (Å²) in [7, 11) is 0. The van der Waals surface area contributed by atoms with Crippen LogP contribution in [0.4, 0.5) is 0 Å². The maximum atomic E-state index is 11.9. The van der Waals surface area contributed by atoms with Crippen LogP contribution in [0.25, 0.3) is 0 Å². The molecule has 0 unspecified atom stereocenters. The zero-order valence-corrected chi connectivity index (χ0v) is 27.7. The van der Waals surface area contributed by atoms with Gasteiger partial charge < -0.3 is 14.6 Å². The smallest absolute Gasteiger partial charge is 0.305 e. The molecule has 0 radical (unpaired) electrons. The predicted octanol–water partition coefficient (Wildman–Crippen LogP) is 10.6. The van der Waals surface area contributed by atoms with Gasteiger partial charge in [-0.1, -0.05) is 168 Å². The Morgan fingerprint density at radius 2 is 0.780 bits per heavy atom. The van der Waals surface area contributed by atoms with Gasteiger partial charge in [0.2, 0.25) is 0 Å². The standard InChI is InChI=1S/C36H70O5/c1-4-5-6-7-8-9-10-11-12-13-17-20-23-26-29-35(38)40-31-34(37)32-41-36(39)30-27-24-21-18-15-14-16-19-22-25-28-33(2)3/h33-34,37H,4-32H2,1-3H3/t34-/m0/s1. The van der Waals surface area contributed by atoms with Crippen LogP contribution < -0.4 is 0 Å². The van der Waals surface area contributed by atoms with Crippen LogP contribution in [0, 0.1) is 5.92 Å². The van der Waals surface area contributed by atoms with Gasteiger partial charge in [-0.15, -0.1) is 0 Å². The molecule has 0 amide bonds. The normalized spacial score (nSPS) is 12.1. The van der Waals surface area contributed by atoms with E-state index in [4.69, 9.17) is 9.47 Å². The molecule has 0 heterocycles. The Balaban J connectivity index is 3.40. The summed E-state index contributed by atoms with van der Waals surface area (Å²) in [6.07, 6.45) is 31.5. The van der Waals surface area contributed by atoms with Crippen LogP contribution >= 0.6 is 0 Å². The molecule has 0 aromatic carbocycles. The summed E-state index contributed by atoms with van der Waals surface area (Å²) in [5.41, 5.74) is 0. The molecule has 0 aliphatic carbocycles. The van der Waals surface area contributed by atoms with E-state index in [2.05, 4.69) is 20.8 Å². The first-order valence-electron chi connectivity index (χ1n) is 17.9. The van der Waals surface area contributed by atoms with Crippen molar-refractivity contribution >= 4 is 11.9 Å². The molecule has 1 N–H and O–H groups in total. The maximum Gasteiger partial charge on any atom is 0.305 e. The van der Waals surface area contributed by atoms with E-state index in [0.717, 1.165) is 31.6 Å². The highest BCUT2D eigenvalue weighted by atomic mass is 16.6. The van der Waals surface area contributed by atoms with Crippen molar-refractivity contribution in [1.29, 1.82) is 0 Å². The fraction of sp³-hybridized carbons (Fsp3) is 0.944. The molecule has 0 aliphatic rings. The largest absolute Gasteiger partial charge is 0.463 e. The molecule has 0 spiro atoms. The van der Waals surface area contributed by atoms with Crippen LogP contribution in [0.3, 0.4) is 0 Å². The molecular formula is C36H70O5. The monoisotopic (exact) mass is 583 g/mol. The second kappa shape index (κ2) is 31.8. The quantitative estimate of drug-likeness (QED) is 0.0631. The maximum absolute atomic E-state index is 11.9. The average molecular weight is 583 g/mol. The lowest BCUT2D eigenvalue weighted by Gasteiger charge is -2.12. The Kier molecular flexibility index (Phi) is 31.0. The van der Waals surface area contributed by atoms with Gasteiger partial charge in [-0.2, -0.15) is 0 Å². The molecule has 0 rings (SSSR count). The number of rotatable bonds is 32. The van der Waals surface area contributed by atoms with Crippen LogP contribution in [0.15, 0.2) is 0 Å². The third kappa shape index (κ3) is 33.3. The van der Waals surface area contributed by atoms with Gasteiger partial charge >= 0.3 is 11.9 Å². The van der Waals surface area contributed by atoms with Crippen molar-refractivity contribution in [3.05, 3.63) is 0 Å². The zero-order valence-electron chi connectivity index (χ0n) is 27.7. The van der Waals surface area contributed by atoms with Crippen molar-refractivity contribution in [2.45, 2.75) is 200 Å². The van der Waals surface area contributed by atoms with E-state index in [-0.39, 0.29) is 25.2 Å². The van der Waals surface area contributed by atoms with E-state index in [1.165, 1.54) is 135 Å². The topological polar surface area (TPSA) is 72.8 Å². The Morgan fingerprint density at radius 3 is 1.10 bits per heavy atom. The van der Waals surface area contributed by atoms with Crippen LogP contribution in [0.2, 0.25) is 0 Å². The first kappa shape index (κ1) is 39.9. The van der Waals surface area contributed by atoms with Crippen LogP contribution in [-0.4, -0.2) is 36.4 Å². The number of aliphatic hydroxyl groups excluding tert-OH is 1. The summed E-state index contributed by atoms with van der Waals surface area (Å²) in [6.45, 7) is 6.64. The Bertz CT molecular complexity index is 562. The second-order valence-corrected chi connectivity index (χ2v) is 12.8. The van der Waals surface area contributed by atoms with Gasteiger partial charge in [-0.05, 0) is 18.8 Å². The van der Waals surface area contributed by atoms with Crippen molar-refractivity contribution in [3.8, 4) is 0 Å². The molecule has 1 atom stereocenters. The van der Waals surface area contributed by atoms with Crippen LogP contribution in [-0.2, 0) is 19.1 Å². The molecule has 0 saturated carbocycles. The van der Waals surface area contributed by atoms with Crippen molar-refractivity contribution in [3.63, 3.8) is 0 Å². The van der Waals surface area contributed by atoms with Gasteiger partial charge in [-0.25, -0.2) is 0 Å². The molecule has 41 heavy (non-hydrogen) atoms. The Morgan fingerprint density at radius 1 is 0.488 bits per heavy atom. The molecule has 5 heteroatoms. The summed E-state index contributed by atoms with van der Waals surface area (Å²) >= 11 is 0. The average Bonchev–Trinajstić information content (AvgIpc) is 2.95. The van der Waals surface area contributed by atoms with Crippen LogP contribution in [0.5, 0.6) is 0 Å². The summed E-state index contributed by atoms with van der Waals surface area (Å²) in [6, 6.07) is 0. The Hall–Kier alpha value is -1.10. The van der Waals surface area contributed by atoms with Gasteiger partial charge in [-0.3, -0.25) is 9.59 Å². The molecule has 0 aromatic heterocycles. The molecule has 0 aliphatic heterocycles. The number of unbranched alkanes of at least 4 members (excludes halogenated alkanes) is 22. The number of hydrogen-bond acceptors (Lipinski definition) is 5. The molecule has 0 saturated heterocycles. The van der Waals surface area contributed by atoms with Crippen molar-refractivity contribution < 1.29 is 24.2 Å². The molecule has 244 valence electrons. The summed E-state index contributed by atoms with van der Waals surface area (Å²) in [5.74, 6) is 0.273. The number of carbonyl (C=O) groups excluding carboxylic acids is 2. The van der Waals surface area contributed by atoms with Gasteiger partial charge in [0.15, 0.2) is 0 Å². The third-order valence-electron chi connectivity index (χ3n) is 8.02. The summed E-state index contributed by atoms with van der Waals surface area (Å²) in [5, 5.41) is 9.97. The minimum absolute atomic E-state index is 0.109. The minimum Gasteiger partial charge on any atom is -0.463 e. The SMILES string of the molecule is CCCCCCCCCCCCCCCCC(=O)OC[C@H](O)COC(=O)CCCCCCCCCCCCC(C)C. The number of carbonyl (C=O) groups is 2. The number of hydrogen-bond donors (Lipinski definition) is 1. The summed E-state index contributed by atoms with van der Waals surface area (Å²) < 4.78 is 10.3. The van der Waals surface area contributed by atoms with Gasteiger partial charge in [0.1, 0.15) is 19.3 Å². The van der Waals surface area contributed by atoms with Crippen LogP contribution in [0.1, 0.15) is 194 Å². The molecule has 0 bridgehead atoms. The fourth-order valence-corrected chi connectivity index (χ4v) is 5.27. The molecule has 0 fully saturated rings. The first-order chi connectivity index (χ1) is 20.0. The second-order valence-electron chi connectivity index (χ2n) is 12.8. The lowest BCUT2D eigenvalue weighted by Crippen LogP contribution is -2.25. The molecule has 0 aromatic rings. The number of ether oxygens (including phenoxy) is 2. The minimum atomic E-state index is -0.954. The van der Waals surface area contributed by atoms with E-state index < -0.39 is 6.10 Å². The lowest BCUT2D eigenvalue weighted by atomic mass is 10.0. The highest BCUT2D eigenvalue weighted by Gasteiger charge is 2.12. The molecule has 5 nitrogen and oxygen atoms in total. The van der Waals surface area contributed by atoms with E-state index in [9.17, 15) is 14.7 Å². The lowest BCUT2D eigenvalue weighted by molar-refractivity contribution is -0.152. The van der Waals surface area contributed by atoms with E-state index in [1.54, 1.807) is 0 Å². The van der Waals surface area contributed by atoms with Gasteiger partial charge in [0.05, 0.1) is 0 Å². The molecular weight excluding hydrogens is 512 g/mol. The zero-order chi connectivity index (χ0) is 30.2. The van der Waals surface area contributed by atoms with Crippen molar-refractivity contribution in [2.24, 2.45) is 5.92 Å². The summed E-state index contributed by atoms with van der Waals surface area (Å²) in [4.78, 5) is 23.8. The number of aliphatic hydroxyl groups is 1. The van der Waals surface area contributed by atoms with E-state index in [1.807, 2.05) is 0 Å². The third-order valence-corrected chi connectivity index (χ3v) is 8.02. The van der Waals surface area contributed by atoms with Gasteiger partial charge in [0, 0.05) is 12.8 Å². The van der Waals surface area contributed by atoms with Crippen molar-refractivity contribution in [2.75, 3.05) is 13.2 Å². The van der Waals surface area contributed by atoms with Gasteiger partial charge in [0.25, 0.3) is 0 Å². The number of esters is 2. The highest BCUT2D eigenvalue weighted by molar-refractivity contribution is 5.69. The first-order valence-corrected chi connectivity index (χ1v) is 17.9. The van der Waals surface area contributed by atoms with E-state index >= 15 is 0 Å².